The van der Waals surface area contributed by atoms with Crippen molar-refractivity contribution >= 4 is 70.4 Å². The summed E-state index contributed by atoms with van der Waals surface area (Å²) in [5.74, 6) is -1.59. The second kappa shape index (κ2) is 20.4. The van der Waals surface area contributed by atoms with Crippen LogP contribution in [0.25, 0.3) is 0 Å². The molecule has 0 fully saturated rings. The van der Waals surface area contributed by atoms with E-state index in [9.17, 15) is 45.9 Å². The minimum absolute atomic E-state index is 0.0550. The number of amides is 1. The van der Waals surface area contributed by atoms with Crippen molar-refractivity contribution in [1.82, 2.24) is 25.0 Å². The van der Waals surface area contributed by atoms with Gasteiger partial charge in [-0.25, -0.2) is 13.1 Å². The third kappa shape index (κ3) is 19.1. The van der Waals surface area contributed by atoms with Crippen LogP contribution in [0, 0.1) is 10.1 Å². The standard InChI is InChI=1S/C15H10ClF3N2O6S.C10H19N5S.C3H8NO5P/c1-28(25,26)20-14(22)10-7-9(3-4-12(10)21(23)24)27-13-5-2-8(6-11(13)16)15(17,18)19;1-6-11-7-12-8(15-10(2,3)4)14-9(13-7)16-5;5-3(6)1-4-2-10(7,8)9/h2-7H,1H3,(H,20,22);6H2,1-5H3,(H2,11,12,13,14,15);4H,1-2H2,(H,5,6)(H2,7,8,9). The number of nitro benzene ring substituents is 1. The van der Waals surface area contributed by atoms with Crippen LogP contribution in [0.15, 0.2) is 41.6 Å². The number of benzene rings is 2. The summed E-state index contributed by atoms with van der Waals surface area (Å²) in [6.45, 7) is 8.59. The van der Waals surface area contributed by atoms with Crippen LogP contribution >= 0.6 is 31.0 Å². The zero-order chi connectivity index (χ0) is 41.7. The molecule has 0 atom stereocenters. The number of aromatic nitrogens is 3. The number of carbonyl (C=O) groups is 2. The average molecular weight is 849 g/mol. The molecule has 0 saturated heterocycles. The maximum Gasteiger partial charge on any atom is 0.416 e. The number of anilines is 2. The first-order valence-electron chi connectivity index (χ1n) is 14.8. The van der Waals surface area contributed by atoms with E-state index in [1.165, 1.54) is 11.8 Å². The van der Waals surface area contributed by atoms with E-state index < -0.39 is 75.3 Å². The number of aliphatic carboxylic acids is 1. The number of carbonyl (C=O) groups excluding carboxylic acids is 1. The Kier molecular flexibility index (Phi) is 18.0. The fourth-order valence-corrected chi connectivity index (χ4v) is 4.84. The Bertz CT molecular complexity index is 1950. The molecule has 0 saturated carbocycles. The van der Waals surface area contributed by atoms with Crippen molar-refractivity contribution in [3.05, 3.63) is 62.7 Å². The number of ether oxygens (including phenoxy) is 1. The van der Waals surface area contributed by atoms with E-state index >= 15 is 0 Å². The van der Waals surface area contributed by atoms with Crippen LogP contribution in [0.5, 0.6) is 11.5 Å². The molecule has 0 spiro atoms. The summed E-state index contributed by atoms with van der Waals surface area (Å²) in [4.78, 5) is 61.2. The smallest absolute Gasteiger partial charge is 0.416 e. The highest BCUT2D eigenvalue weighted by Gasteiger charge is 2.31. The van der Waals surface area contributed by atoms with E-state index in [1.807, 2.05) is 13.2 Å². The van der Waals surface area contributed by atoms with E-state index in [-0.39, 0.29) is 17.0 Å². The minimum atomic E-state index is -4.62. The van der Waals surface area contributed by atoms with Gasteiger partial charge in [0.1, 0.15) is 17.1 Å². The molecular weight excluding hydrogens is 812 g/mol. The van der Waals surface area contributed by atoms with Crippen molar-refractivity contribution in [2.24, 2.45) is 0 Å². The topological polar surface area (TPSA) is 285 Å². The molecule has 1 aromatic heterocycles. The van der Waals surface area contributed by atoms with Gasteiger partial charge in [-0.1, -0.05) is 23.4 Å². The Balaban J connectivity index is 0.000000470. The molecule has 300 valence electrons. The van der Waals surface area contributed by atoms with Crippen LogP contribution in [-0.4, -0.2) is 92.5 Å². The average Bonchev–Trinajstić information content (AvgIpc) is 2.99. The second-order valence-corrected chi connectivity index (χ2v) is 16.0. The predicted octanol–water partition coefficient (Wildman–Crippen LogP) is 4.78. The molecule has 3 aromatic rings. The maximum atomic E-state index is 12.7. The molecule has 7 N–H and O–H groups in total. The second-order valence-electron chi connectivity index (χ2n) is 11.4. The van der Waals surface area contributed by atoms with E-state index in [4.69, 9.17) is 31.2 Å². The van der Waals surface area contributed by atoms with Crippen LogP contribution in [0.1, 0.15) is 43.6 Å². The molecule has 0 aliphatic heterocycles. The third-order valence-electron chi connectivity index (χ3n) is 5.39. The van der Waals surface area contributed by atoms with E-state index in [1.54, 1.807) is 4.72 Å². The molecule has 0 radical (unpaired) electrons. The zero-order valence-electron chi connectivity index (χ0n) is 29.3. The molecule has 1 amide bonds. The Morgan fingerprint density at radius 3 is 2.15 bits per heavy atom. The molecular formula is C28H37ClF3N8O11PS2. The highest BCUT2D eigenvalue weighted by atomic mass is 35.5. The van der Waals surface area contributed by atoms with Gasteiger partial charge in [-0.05, 0) is 58.2 Å². The van der Waals surface area contributed by atoms with Crippen molar-refractivity contribution in [2.45, 2.75) is 44.6 Å². The van der Waals surface area contributed by atoms with Gasteiger partial charge >= 0.3 is 19.7 Å². The molecule has 1 heterocycles. The van der Waals surface area contributed by atoms with Gasteiger partial charge in [0.25, 0.3) is 11.6 Å². The number of alkyl halides is 3. The van der Waals surface area contributed by atoms with E-state index in [0.717, 1.165) is 36.0 Å². The summed E-state index contributed by atoms with van der Waals surface area (Å²) in [5, 5.41) is 27.8. The maximum absolute atomic E-state index is 12.7. The first-order chi connectivity index (χ1) is 24.6. The number of sulfonamides is 1. The molecule has 0 bridgehead atoms. The SMILES string of the molecule is CCNc1nc(NC(C)(C)C)nc(SC)n1.CS(=O)(=O)NC(=O)c1cc(Oc2ccc(C(F)(F)F)cc2Cl)ccc1[N+](=O)[O-].O=C(O)CNCP(=O)(O)O. The summed E-state index contributed by atoms with van der Waals surface area (Å²) in [6.07, 6.45) is -2.59. The van der Waals surface area contributed by atoms with Crippen LogP contribution in [0.3, 0.4) is 0 Å². The number of hydrogen-bond donors (Lipinski definition) is 7. The van der Waals surface area contributed by atoms with Crippen molar-refractivity contribution in [1.29, 1.82) is 0 Å². The summed E-state index contributed by atoms with van der Waals surface area (Å²) in [7, 11) is -8.10. The minimum Gasteiger partial charge on any atom is -0.480 e. The highest BCUT2D eigenvalue weighted by Crippen LogP contribution is 2.37. The lowest BCUT2D eigenvalue weighted by molar-refractivity contribution is -0.385. The molecule has 0 aliphatic carbocycles. The Labute approximate surface area is 316 Å². The van der Waals surface area contributed by atoms with Gasteiger partial charge in [0.2, 0.25) is 21.9 Å². The van der Waals surface area contributed by atoms with Crippen molar-refractivity contribution in [3.8, 4) is 11.5 Å². The van der Waals surface area contributed by atoms with E-state index in [0.29, 0.717) is 30.3 Å². The van der Waals surface area contributed by atoms with Gasteiger partial charge < -0.3 is 30.3 Å². The van der Waals surface area contributed by atoms with Gasteiger partial charge in [-0.2, -0.15) is 28.1 Å². The quantitative estimate of drug-likeness (QED) is 0.0527. The van der Waals surface area contributed by atoms with Crippen molar-refractivity contribution in [2.75, 3.05) is 42.5 Å². The number of thioether (sulfide) groups is 1. The Morgan fingerprint density at radius 1 is 1.07 bits per heavy atom. The summed E-state index contributed by atoms with van der Waals surface area (Å²) >= 11 is 7.27. The molecule has 3 rings (SSSR count). The van der Waals surface area contributed by atoms with Gasteiger partial charge in [-0.15, -0.1) is 0 Å². The van der Waals surface area contributed by atoms with Crippen LogP contribution in [-0.2, 0) is 25.6 Å². The van der Waals surface area contributed by atoms with Gasteiger partial charge in [0.15, 0.2) is 5.16 Å². The summed E-state index contributed by atoms with van der Waals surface area (Å²) in [5.41, 5.74) is -2.40. The molecule has 0 aliphatic rings. The first-order valence-corrected chi connectivity index (χ1v) is 20.1. The van der Waals surface area contributed by atoms with Crippen LogP contribution < -0.4 is 25.4 Å². The number of hydrogen-bond acceptors (Lipinski definition) is 15. The van der Waals surface area contributed by atoms with Crippen LogP contribution in [0.2, 0.25) is 5.02 Å². The van der Waals surface area contributed by atoms with Crippen molar-refractivity contribution in [3.63, 3.8) is 0 Å². The lowest BCUT2D eigenvalue weighted by Crippen LogP contribution is -2.29. The van der Waals surface area contributed by atoms with Gasteiger partial charge in [0.05, 0.1) is 34.6 Å². The summed E-state index contributed by atoms with van der Waals surface area (Å²) in [6, 6.07) is 5.09. The number of carboxylic acids is 1. The monoisotopic (exact) mass is 848 g/mol. The fraction of sp³-hybridized carbons (Fsp3) is 0.393. The van der Waals surface area contributed by atoms with Crippen molar-refractivity contribution < 1.29 is 60.3 Å². The number of rotatable bonds is 13. The normalized spacial score (nSPS) is 11.6. The fourth-order valence-electron chi connectivity index (χ4n) is 3.41. The molecule has 26 heteroatoms. The number of nitro groups is 1. The molecule has 54 heavy (non-hydrogen) atoms. The Morgan fingerprint density at radius 2 is 1.69 bits per heavy atom. The Hall–Kier alpha value is -4.32. The highest BCUT2D eigenvalue weighted by molar-refractivity contribution is 7.98. The first kappa shape index (κ1) is 47.7. The van der Waals surface area contributed by atoms with E-state index in [2.05, 4.69) is 51.7 Å². The van der Waals surface area contributed by atoms with Gasteiger partial charge in [-0.3, -0.25) is 29.6 Å². The van der Waals surface area contributed by atoms with Gasteiger partial charge in [0, 0.05) is 24.2 Å². The summed E-state index contributed by atoms with van der Waals surface area (Å²) < 4.78 is 77.3. The lowest BCUT2D eigenvalue weighted by atomic mass is 10.1. The predicted molar refractivity (Wildman–Crippen MR) is 194 cm³/mol. The molecule has 19 nitrogen and oxygen atoms in total. The zero-order valence-corrected chi connectivity index (χ0v) is 32.5. The molecule has 2 aromatic carbocycles. The number of carboxylic acid groups (broad SMARTS) is 1. The lowest BCUT2D eigenvalue weighted by Gasteiger charge is -2.20. The molecule has 0 unspecified atom stereocenters. The third-order valence-corrected chi connectivity index (χ3v) is 7.42. The number of halogens is 4. The van der Waals surface area contributed by atoms with Crippen LogP contribution in [0.4, 0.5) is 30.8 Å². The largest absolute Gasteiger partial charge is 0.480 e. The number of nitrogens with zero attached hydrogens (tertiary/aromatic N) is 4. The number of nitrogens with one attached hydrogen (secondary N) is 4.